The molecule has 0 amide bonds. The predicted molar refractivity (Wildman–Crippen MR) is 72.2 cm³/mol. The van der Waals surface area contributed by atoms with Gasteiger partial charge >= 0.3 is 0 Å². The van der Waals surface area contributed by atoms with E-state index in [9.17, 15) is 0 Å². The Morgan fingerprint density at radius 3 is 2.82 bits per heavy atom. The minimum absolute atomic E-state index is 0.216. The maximum absolute atomic E-state index is 9.06. The molecule has 2 rings (SSSR count). The third-order valence-electron chi connectivity index (χ3n) is 3.05. The van der Waals surface area contributed by atoms with Gasteiger partial charge in [0.2, 0.25) is 0 Å². The molecule has 3 nitrogen and oxygen atoms in total. The van der Waals surface area contributed by atoms with Gasteiger partial charge in [-0.1, -0.05) is 19.1 Å². The molecule has 0 aliphatic heterocycles. The number of rotatable bonds is 5. The van der Waals surface area contributed by atoms with E-state index in [0.717, 1.165) is 17.1 Å². The molecule has 0 spiro atoms. The first kappa shape index (κ1) is 12.5. The second-order valence-electron chi connectivity index (χ2n) is 4.40. The van der Waals surface area contributed by atoms with Crippen molar-refractivity contribution in [3.05, 3.63) is 29.3 Å². The minimum atomic E-state index is 0.216. The van der Waals surface area contributed by atoms with Gasteiger partial charge in [-0.15, -0.1) is 11.3 Å². The van der Waals surface area contributed by atoms with Gasteiger partial charge < -0.3 is 10.4 Å². The lowest BCUT2D eigenvalue weighted by atomic mass is 10.1. The summed E-state index contributed by atoms with van der Waals surface area (Å²) < 4.78 is 1.23. The molecule has 2 unspecified atom stereocenters. The smallest absolute Gasteiger partial charge is 0.108 e. The number of aliphatic hydroxyl groups is 1. The molecule has 92 valence electrons. The number of thiazole rings is 1. The predicted octanol–water partition coefficient (Wildman–Crippen LogP) is 2.40. The highest BCUT2D eigenvalue weighted by Gasteiger charge is 2.11. The Morgan fingerprint density at radius 1 is 1.35 bits per heavy atom. The molecule has 0 saturated carbocycles. The fourth-order valence-corrected chi connectivity index (χ4v) is 2.52. The highest BCUT2D eigenvalue weighted by Crippen LogP contribution is 2.21. The van der Waals surface area contributed by atoms with Crippen LogP contribution in [0.2, 0.25) is 0 Å². The Labute approximate surface area is 106 Å². The van der Waals surface area contributed by atoms with Crippen LogP contribution in [0.1, 0.15) is 18.9 Å². The summed E-state index contributed by atoms with van der Waals surface area (Å²) in [6.07, 6.45) is 0. The standard InChI is InChI=1S/C13H18N2OS/c1-9(8-16)10(2)14-7-13-15-11-5-3-4-6-12(11)17-13/h3-6,9-10,14,16H,7-8H2,1-2H3. The second-order valence-corrected chi connectivity index (χ2v) is 5.52. The van der Waals surface area contributed by atoms with Gasteiger partial charge in [0, 0.05) is 19.2 Å². The van der Waals surface area contributed by atoms with E-state index in [0.29, 0.717) is 6.04 Å². The topological polar surface area (TPSA) is 45.1 Å². The number of nitrogens with zero attached hydrogens (tertiary/aromatic N) is 1. The number of hydrogen-bond donors (Lipinski definition) is 2. The van der Waals surface area contributed by atoms with E-state index >= 15 is 0 Å². The van der Waals surface area contributed by atoms with Crippen molar-refractivity contribution in [2.45, 2.75) is 26.4 Å². The lowest BCUT2D eigenvalue weighted by molar-refractivity contribution is 0.207. The van der Waals surface area contributed by atoms with Crippen LogP contribution in [0.4, 0.5) is 0 Å². The molecular weight excluding hydrogens is 232 g/mol. The van der Waals surface area contributed by atoms with E-state index in [-0.39, 0.29) is 12.5 Å². The summed E-state index contributed by atoms with van der Waals surface area (Å²) in [5.74, 6) is 0.268. The highest BCUT2D eigenvalue weighted by atomic mass is 32.1. The second kappa shape index (κ2) is 5.58. The molecule has 2 aromatic rings. The van der Waals surface area contributed by atoms with Crippen LogP contribution in [0.5, 0.6) is 0 Å². The zero-order valence-corrected chi connectivity index (χ0v) is 11.0. The van der Waals surface area contributed by atoms with Gasteiger partial charge in [0.15, 0.2) is 0 Å². The third kappa shape index (κ3) is 3.03. The van der Waals surface area contributed by atoms with E-state index in [1.54, 1.807) is 11.3 Å². The summed E-state index contributed by atoms with van der Waals surface area (Å²) in [7, 11) is 0. The van der Waals surface area contributed by atoms with Crippen molar-refractivity contribution in [2.75, 3.05) is 6.61 Å². The van der Waals surface area contributed by atoms with Gasteiger partial charge in [0.25, 0.3) is 0 Å². The molecule has 2 atom stereocenters. The van der Waals surface area contributed by atoms with Crippen molar-refractivity contribution in [2.24, 2.45) is 5.92 Å². The number of aromatic nitrogens is 1. The maximum atomic E-state index is 9.06. The molecule has 0 radical (unpaired) electrons. The van der Waals surface area contributed by atoms with Crippen molar-refractivity contribution in [1.29, 1.82) is 0 Å². The monoisotopic (exact) mass is 250 g/mol. The fourth-order valence-electron chi connectivity index (χ4n) is 1.60. The van der Waals surface area contributed by atoms with Crippen LogP contribution in [0, 0.1) is 5.92 Å². The summed E-state index contributed by atoms with van der Waals surface area (Å²) in [5.41, 5.74) is 1.07. The van der Waals surface area contributed by atoms with Crippen molar-refractivity contribution in [1.82, 2.24) is 10.3 Å². The average Bonchev–Trinajstić information content (AvgIpc) is 2.77. The Kier molecular flexibility index (Phi) is 4.10. The van der Waals surface area contributed by atoms with Crippen LogP contribution in [0.3, 0.4) is 0 Å². The summed E-state index contributed by atoms with van der Waals surface area (Å²) in [5, 5.41) is 13.6. The zero-order chi connectivity index (χ0) is 12.3. The van der Waals surface area contributed by atoms with Crippen molar-refractivity contribution >= 4 is 21.6 Å². The van der Waals surface area contributed by atoms with E-state index in [4.69, 9.17) is 5.11 Å². The van der Waals surface area contributed by atoms with E-state index < -0.39 is 0 Å². The van der Waals surface area contributed by atoms with Gasteiger partial charge in [-0.2, -0.15) is 0 Å². The average molecular weight is 250 g/mol. The van der Waals surface area contributed by atoms with Gasteiger partial charge in [0.1, 0.15) is 5.01 Å². The Balaban J connectivity index is 1.99. The Hall–Kier alpha value is -0.970. The molecule has 0 aliphatic carbocycles. The molecule has 17 heavy (non-hydrogen) atoms. The molecule has 2 N–H and O–H groups in total. The molecule has 1 aromatic heterocycles. The van der Waals surface area contributed by atoms with Gasteiger partial charge in [-0.3, -0.25) is 0 Å². The molecule has 1 heterocycles. The number of hydrogen-bond acceptors (Lipinski definition) is 4. The Bertz CT molecular complexity index is 450. The number of benzene rings is 1. The van der Waals surface area contributed by atoms with Crippen molar-refractivity contribution in [3.63, 3.8) is 0 Å². The Morgan fingerprint density at radius 2 is 2.12 bits per heavy atom. The van der Waals surface area contributed by atoms with Crippen LogP contribution in [0.15, 0.2) is 24.3 Å². The molecule has 0 fully saturated rings. The molecule has 1 aromatic carbocycles. The van der Waals surface area contributed by atoms with Gasteiger partial charge in [-0.05, 0) is 25.0 Å². The highest BCUT2D eigenvalue weighted by molar-refractivity contribution is 7.18. The molecule has 0 bridgehead atoms. The number of para-hydroxylation sites is 1. The van der Waals surface area contributed by atoms with Gasteiger partial charge in [-0.25, -0.2) is 4.98 Å². The largest absolute Gasteiger partial charge is 0.396 e. The minimum Gasteiger partial charge on any atom is -0.396 e. The summed E-state index contributed by atoms with van der Waals surface area (Å²) >= 11 is 1.72. The maximum Gasteiger partial charge on any atom is 0.108 e. The van der Waals surface area contributed by atoms with E-state index in [2.05, 4.69) is 23.3 Å². The SMILES string of the molecule is CC(CO)C(C)NCc1nc2ccccc2s1. The first-order valence-corrected chi connectivity index (χ1v) is 6.71. The molecular formula is C13H18N2OS. The van der Waals surface area contributed by atoms with Crippen LogP contribution in [-0.4, -0.2) is 22.7 Å². The first-order chi connectivity index (χ1) is 8.20. The molecule has 0 saturated heterocycles. The summed E-state index contributed by atoms with van der Waals surface area (Å²) in [6, 6.07) is 8.47. The van der Waals surface area contributed by atoms with Gasteiger partial charge in [0.05, 0.1) is 10.2 Å². The lowest BCUT2D eigenvalue weighted by Crippen LogP contribution is -2.33. The molecule has 0 aliphatic rings. The van der Waals surface area contributed by atoms with Crippen LogP contribution < -0.4 is 5.32 Å². The normalized spacial score (nSPS) is 15.0. The quantitative estimate of drug-likeness (QED) is 0.856. The number of fused-ring (bicyclic) bond motifs is 1. The van der Waals surface area contributed by atoms with Crippen LogP contribution in [0.25, 0.3) is 10.2 Å². The zero-order valence-electron chi connectivity index (χ0n) is 10.2. The fraction of sp³-hybridized carbons (Fsp3) is 0.462. The molecule has 4 heteroatoms. The van der Waals surface area contributed by atoms with Crippen LogP contribution in [-0.2, 0) is 6.54 Å². The van der Waals surface area contributed by atoms with Crippen LogP contribution >= 0.6 is 11.3 Å². The number of aliphatic hydroxyl groups excluding tert-OH is 1. The van der Waals surface area contributed by atoms with Crippen molar-refractivity contribution < 1.29 is 5.11 Å². The van der Waals surface area contributed by atoms with Crippen molar-refractivity contribution in [3.8, 4) is 0 Å². The summed E-state index contributed by atoms with van der Waals surface area (Å²) in [6.45, 7) is 5.11. The number of nitrogens with one attached hydrogen (secondary N) is 1. The first-order valence-electron chi connectivity index (χ1n) is 5.89. The lowest BCUT2D eigenvalue weighted by Gasteiger charge is -2.18. The van der Waals surface area contributed by atoms with E-state index in [1.165, 1.54) is 4.70 Å². The van der Waals surface area contributed by atoms with E-state index in [1.807, 2.05) is 25.1 Å². The third-order valence-corrected chi connectivity index (χ3v) is 4.09. The summed E-state index contributed by atoms with van der Waals surface area (Å²) in [4.78, 5) is 4.56.